The first-order chi connectivity index (χ1) is 7.90. The van der Waals surface area contributed by atoms with Crippen LogP contribution in [0.4, 0.5) is 0 Å². The second kappa shape index (κ2) is 7.69. The Labute approximate surface area is 109 Å². The van der Waals surface area contributed by atoms with Crippen molar-refractivity contribution in [2.24, 2.45) is 0 Å². The van der Waals surface area contributed by atoms with Crippen LogP contribution in [0.25, 0.3) is 0 Å². The molecule has 0 saturated carbocycles. The van der Waals surface area contributed by atoms with E-state index in [9.17, 15) is 0 Å². The van der Waals surface area contributed by atoms with E-state index in [0.717, 1.165) is 31.9 Å². The Morgan fingerprint density at radius 2 is 2.35 bits per heavy atom. The smallest absolute Gasteiger partial charge is 0.180 e. The molecule has 0 amide bonds. The molecule has 0 aliphatic carbocycles. The van der Waals surface area contributed by atoms with Crippen LogP contribution in [0.5, 0.6) is 0 Å². The van der Waals surface area contributed by atoms with Crippen molar-refractivity contribution in [2.45, 2.75) is 38.8 Å². The fourth-order valence-electron chi connectivity index (χ4n) is 2.39. The molecule has 17 heavy (non-hydrogen) atoms. The summed E-state index contributed by atoms with van der Waals surface area (Å²) in [5, 5.41) is 3.45. The molecule has 1 aliphatic rings. The molecule has 0 spiro atoms. The van der Waals surface area contributed by atoms with Gasteiger partial charge in [0, 0.05) is 12.6 Å². The normalized spacial score (nSPS) is 20.9. The molecular formula is C12H22ClN3O. The van der Waals surface area contributed by atoms with Crippen LogP contribution >= 0.6 is 12.4 Å². The summed E-state index contributed by atoms with van der Waals surface area (Å²) in [6.45, 7) is 6.52. The third kappa shape index (κ3) is 4.30. The maximum absolute atomic E-state index is 5.02. The lowest BCUT2D eigenvalue weighted by Crippen LogP contribution is -2.35. The third-order valence-electron chi connectivity index (χ3n) is 3.32. The molecule has 0 bridgehead atoms. The molecule has 1 N–H and O–H groups in total. The summed E-state index contributed by atoms with van der Waals surface area (Å²) in [6.07, 6.45) is 7.07. The highest BCUT2D eigenvalue weighted by atomic mass is 35.5. The van der Waals surface area contributed by atoms with Gasteiger partial charge in [0.25, 0.3) is 0 Å². The molecule has 0 radical (unpaired) electrons. The lowest BCUT2D eigenvalue weighted by Gasteiger charge is -2.28. The Kier molecular flexibility index (Phi) is 6.55. The number of rotatable bonds is 4. The predicted molar refractivity (Wildman–Crippen MR) is 70.3 cm³/mol. The first kappa shape index (κ1) is 14.5. The first-order valence-electron chi connectivity index (χ1n) is 6.22. The Morgan fingerprint density at radius 3 is 3.06 bits per heavy atom. The van der Waals surface area contributed by atoms with Gasteiger partial charge in [-0.25, -0.2) is 4.98 Å². The van der Waals surface area contributed by atoms with Crippen molar-refractivity contribution in [3.05, 3.63) is 18.4 Å². The zero-order valence-corrected chi connectivity index (χ0v) is 11.2. The number of oxazole rings is 1. The standard InChI is InChI=1S/C12H21N3O.ClH/c1-2-15(8-11-9-16-10-14-11)12-4-3-6-13-7-5-12;/h9-10,12-13H,2-8H2,1H3;1H. The number of hydrogen-bond donors (Lipinski definition) is 1. The van der Waals surface area contributed by atoms with Crippen molar-refractivity contribution >= 4 is 12.4 Å². The molecule has 1 aliphatic heterocycles. The maximum atomic E-state index is 5.02. The lowest BCUT2D eigenvalue weighted by molar-refractivity contribution is 0.180. The van der Waals surface area contributed by atoms with E-state index in [1.807, 2.05) is 0 Å². The van der Waals surface area contributed by atoms with Crippen LogP contribution in [0.1, 0.15) is 31.9 Å². The molecule has 1 aromatic heterocycles. The fourth-order valence-corrected chi connectivity index (χ4v) is 2.39. The van der Waals surface area contributed by atoms with Gasteiger partial charge in [-0.15, -0.1) is 12.4 Å². The SMILES string of the molecule is CCN(Cc1cocn1)C1CCCNCC1.Cl. The molecule has 98 valence electrons. The highest BCUT2D eigenvalue weighted by Gasteiger charge is 2.19. The quantitative estimate of drug-likeness (QED) is 0.899. The van der Waals surface area contributed by atoms with E-state index in [4.69, 9.17) is 4.42 Å². The van der Waals surface area contributed by atoms with Gasteiger partial charge in [-0.3, -0.25) is 4.90 Å². The zero-order valence-electron chi connectivity index (χ0n) is 10.4. The molecule has 5 heteroatoms. The van der Waals surface area contributed by atoms with Crippen molar-refractivity contribution in [2.75, 3.05) is 19.6 Å². The van der Waals surface area contributed by atoms with E-state index in [1.165, 1.54) is 25.7 Å². The van der Waals surface area contributed by atoms with Gasteiger partial charge >= 0.3 is 0 Å². The van der Waals surface area contributed by atoms with Gasteiger partial charge in [0.2, 0.25) is 0 Å². The molecule has 4 nitrogen and oxygen atoms in total. The number of nitrogens with zero attached hydrogens (tertiary/aromatic N) is 2. The molecule has 1 unspecified atom stereocenters. The van der Waals surface area contributed by atoms with Crippen molar-refractivity contribution in [1.82, 2.24) is 15.2 Å². The summed E-state index contributed by atoms with van der Waals surface area (Å²) >= 11 is 0. The maximum Gasteiger partial charge on any atom is 0.180 e. The predicted octanol–water partition coefficient (Wildman–Crippen LogP) is 2.06. The van der Waals surface area contributed by atoms with Gasteiger partial charge < -0.3 is 9.73 Å². The summed E-state index contributed by atoms with van der Waals surface area (Å²) in [5.41, 5.74) is 1.04. The van der Waals surface area contributed by atoms with E-state index in [0.29, 0.717) is 6.04 Å². The Hall–Kier alpha value is -0.580. The topological polar surface area (TPSA) is 41.3 Å². The Balaban J connectivity index is 0.00000144. The largest absolute Gasteiger partial charge is 0.451 e. The molecule has 1 atom stereocenters. The first-order valence-corrected chi connectivity index (χ1v) is 6.22. The molecule has 1 fully saturated rings. The summed E-state index contributed by atoms with van der Waals surface area (Å²) in [6, 6.07) is 0.691. The van der Waals surface area contributed by atoms with Crippen LogP contribution in [0, 0.1) is 0 Å². The van der Waals surface area contributed by atoms with Gasteiger partial charge in [0.1, 0.15) is 6.26 Å². The minimum atomic E-state index is 0. The number of nitrogens with one attached hydrogen (secondary N) is 1. The molecule has 1 aromatic rings. The van der Waals surface area contributed by atoms with Crippen LogP contribution in [0.3, 0.4) is 0 Å². The average Bonchev–Trinajstić information content (AvgIpc) is 2.67. The second-order valence-electron chi connectivity index (χ2n) is 4.38. The van der Waals surface area contributed by atoms with Crippen LogP contribution in [0.15, 0.2) is 17.1 Å². The van der Waals surface area contributed by atoms with E-state index in [1.54, 1.807) is 6.26 Å². The minimum Gasteiger partial charge on any atom is -0.451 e. The zero-order chi connectivity index (χ0) is 11.2. The van der Waals surface area contributed by atoms with E-state index >= 15 is 0 Å². The van der Waals surface area contributed by atoms with Crippen LogP contribution in [-0.2, 0) is 6.54 Å². The van der Waals surface area contributed by atoms with Crippen molar-refractivity contribution in [3.8, 4) is 0 Å². The van der Waals surface area contributed by atoms with E-state index in [-0.39, 0.29) is 12.4 Å². The van der Waals surface area contributed by atoms with Gasteiger partial charge in [-0.2, -0.15) is 0 Å². The van der Waals surface area contributed by atoms with Gasteiger partial charge in [0.05, 0.1) is 5.69 Å². The summed E-state index contributed by atoms with van der Waals surface area (Å²) in [7, 11) is 0. The summed E-state index contributed by atoms with van der Waals surface area (Å²) in [4.78, 5) is 6.70. The lowest BCUT2D eigenvalue weighted by atomic mass is 10.1. The molecule has 2 rings (SSSR count). The van der Waals surface area contributed by atoms with Crippen molar-refractivity contribution < 1.29 is 4.42 Å². The van der Waals surface area contributed by atoms with Crippen LogP contribution < -0.4 is 5.32 Å². The number of aromatic nitrogens is 1. The molecule has 1 saturated heterocycles. The Bertz CT molecular complexity index is 284. The molecular weight excluding hydrogens is 238 g/mol. The highest BCUT2D eigenvalue weighted by molar-refractivity contribution is 5.85. The van der Waals surface area contributed by atoms with E-state index in [2.05, 4.69) is 22.1 Å². The van der Waals surface area contributed by atoms with Crippen LogP contribution in [0.2, 0.25) is 0 Å². The highest BCUT2D eigenvalue weighted by Crippen LogP contribution is 2.15. The average molecular weight is 260 g/mol. The molecule has 0 aromatic carbocycles. The minimum absolute atomic E-state index is 0. The Morgan fingerprint density at radius 1 is 1.47 bits per heavy atom. The van der Waals surface area contributed by atoms with Gasteiger partial charge in [-0.1, -0.05) is 6.92 Å². The second-order valence-corrected chi connectivity index (χ2v) is 4.38. The van der Waals surface area contributed by atoms with Crippen molar-refractivity contribution in [3.63, 3.8) is 0 Å². The number of hydrogen-bond acceptors (Lipinski definition) is 4. The monoisotopic (exact) mass is 259 g/mol. The van der Waals surface area contributed by atoms with Crippen molar-refractivity contribution in [1.29, 1.82) is 0 Å². The summed E-state index contributed by atoms with van der Waals surface area (Å²) in [5.74, 6) is 0. The van der Waals surface area contributed by atoms with E-state index < -0.39 is 0 Å². The van der Waals surface area contributed by atoms with Gasteiger partial charge in [-0.05, 0) is 38.9 Å². The van der Waals surface area contributed by atoms with Gasteiger partial charge in [0.15, 0.2) is 6.39 Å². The number of halogens is 1. The fraction of sp³-hybridized carbons (Fsp3) is 0.750. The van der Waals surface area contributed by atoms with Crippen LogP contribution in [-0.4, -0.2) is 35.6 Å². The summed E-state index contributed by atoms with van der Waals surface area (Å²) < 4.78 is 5.02. The third-order valence-corrected chi connectivity index (χ3v) is 3.32. The molecule has 2 heterocycles.